The third kappa shape index (κ3) is 1.57. The summed E-state index contributed by atoms with van der Waals surface area (Å²) in [5.41, 5.74) is 0.623. The number of nitriles is 1. The molecule has 1 unspecified atom stereocenters. The number of allylic oxidation sites excluding steroid dienone is 1. The molecule has 0 aliphatic heterocycles. The van der Waals surface area contributed by atoms with Gasteiger partial charge in [-0.05, 0) is 23.7 Å². The van der Waals surface area contributed by atoms with Crippen LogP contribution in [0.2, 0.25) is 0 Å². The molecule has 0 aromatic carbocycles. The van der Waals surface area contributed by atoms with Gasteiger partial charge in [0.2, 0.25) is 0 Å². The van der Waals surface area contributed by atoms with Gasteiger partial charge in [0.25, 0.3) is 0 Å². The van der Waals surface area contributed by atoms with Crippen LogP contribution in [0, 0.1) is 28.6 Å². The molecule has 0 amide bonds. The maximum Gasteiger partial charge on any atom is 0.0971 e. The van der Waals surface area contributed by atoms with Crippen LogP contribution in [0.1, 0.15) is 34.1 Å². The van der Waals surface area contributed by atoms with E-state index in [2.05, 4.69) is 33.8 Å². The van der Waals surface area contributed by atoms with Crippen molar-refractivity contribution in [3.8, 4) is 6.07 Å². The van der Waals surface area contributed by atoms with Crippen LogP contribution in [0.3, 0.4) is 0 Å². The number of aliphatic hydroxyl groups excluding tert-OH is 1. The number of aliphatic hydroxyl groups is 1. The Labute approximate surface area is 86.2 Å². The van der Waals surface area contributed by atoms with Crippen molar-refractivity contribution >= 4 is 0 Å². The summed E-state index contributed by atoms with van der Waals surface area (Å²) in [4.78, 5) is 0. The van der Waals surface area contributed by atoms with Gasteiger partial charge in [-0.25, -0.2) is 0 Å². The Balaban J connectivity index is 3.10. The fourth-order valence-corrected chi connectivity index (χ4v) is 2.40. The zero-order valence-electron chi connectivity index (χ0n) is 9.41. The van der Waals surface area contributed by atoms with E-state index in [1.807, 2.05) is 6.08 Å². The van der Waals surface area contributed by atoms with Crippen molar-refractivity contribution in [3.05, 3.63) is 11.6 Å². The standard InChI is InChI=1S/C12H19NO/c1-5-10-11(14)9(7-13)6-8(2)12(10,3)4/h6,8,10-11,14H,5H2,1-4H3/t8-,10+,11?/m0/s1. The fraction of sp³-hybridized carbons (Fsp3) is 0.750. The predicted molar refractivity (Wildman–Crippen MR) is 56.4 cm³/mol. The highest BCUT2D eigenvalue weighted by Gasteiger charge is 2.42. The highest BCUT2D eigenvalue weighted by atomic mass is 16.3. The minimum atomic E-state index is -0.573. The average Bonchev–Trinajstić information content (AvgIpc) is 2.12. The second kappa shape index (κ2) is 3.74. The minimum Gasteiger partial charge on any atom is -0.387 e. The molecule has 0 aromatic heterocycles. The Hall–Kier alpha value is -0.810. The van der Waals surface area contributed by atoms with Gasteiger partial charge in [0.15, 0.2) is 0 Å². The summed E-state index contributed by atoms with van der Waals surface area (Å²) in [6.45, 7) is 8.52. The normalized spacial score (nSPS) is 36.0. The first-order chi connectivity index (χ1) is 6.45. The van der Waals surface area contributed by atoms with Gasteiger partial charge in [0, 0.05) is 0 Å². The summed E-state index contributed by atoms with van der Waals surface area (Å²) >= 11 is 0. The van der Waals surface area contributed by atoms with Gasteiger partial charge in [0.05, 0.1) is 17.7 Å². The molecule has 78 valence electrons. The van der Waals surface area contributed by atoms with Gasteiger partial charge >= 0.3 is 0 Å². The molecule has 2 heteroatoms. The molecule has 0 saturated carbocycles. The molecule has 0 spiro atoms. The number of nitrogens with zero attached hydrogens (tertiary/aromatic N) is 1. The van der Waals surface area contributed by atoms with Crippen molar-refractivity contribution in [1.29, 1.82) is 5.26 Å². The Bertz CT molecular complexity index is 285. The summed E-state index contributed by atoms with van der Waals surface area (Å²) in [6, 6.07) is 2.10. The molecule has 0 aromatic rings. The largest absolute Gasteiger partial charge is 0.387 e. The van der Waals surface area contributed by atoms with E-state index in [9.17, 15) is 5.11 Å². The molecule has 2 nitrogen and oxygen atoms in total. The average molecular weight is 193 g/mol. The smallest absolute Gasteiger partial charge is 0.0971 e. The third-order valence-electron chi connectivity index (χ3n) is 3.83. The Morgan fingerprint density at radius 2 is 2.14 bits per heavy atom. The van der Waals surface area contributed by atoms with Gasteiger partial charge in [0.1, 0.15) is 0 Å². The summed E-state index contributed by atoms with van der Waals surface area (Å²) in [6.07, 6.45) is 2.25. The van der Waals surface area contributed by atoms with Crippen LogP contribution in [-0.2, 0) is 0 Å². The van der Waals surface area contributed by atoms with E-state index < -0.39 is 6.10 Å². The number of hydrogen-bond acceptors (Lipinski definition) is 2. The first-order valence-electron chi connectivity index (χ1n) is 5.25. The highest BCUT2D eigenvalue weighted by Crippen LogP contribution is 2.45. The molecule has 0 fully saturated rings. The maximum absolute atomic E-state index is 9.99. The summed E-state index contributed by atoms with van der Waals surface area (Å²) in [5, 5.41) is 18.9. The van der Waals surface area contributed by atoms with Crippen LogP contribution < -0.4 is 0 Å². The van der Waals surface area contributed by atoms with Gasteiger partial charge < -0.3 is 5.11 Å². The van der Waals surface area contributed by atoms with Crippen molar-refractivity contribution in [2.24, 2.45) is 17.3 Å². The van der Waals surface area contributed by atoms with Crippen LogP contribution >= 0.6 is 0 Å². The molecule has 1 aliphatic carbocycles. The predicted octanol–water partition coefficient (Wildman–Crippen LogP) is 2.50. The molecular formula is C12H19NO. The molecule has 0 saturated heterocycles. The van der Waals surface area contributed by atoms with Crippen molar-refractivity contribution in [1.82, 2.24) is 0 Å². The molecule has 0 bridgehead atoms. The van der Waals surface area contributed by atoms with E-state index >= 15 is 0 Å². The molecule has 1 N–H and O–H groups in total. The van der Waals surface area contributed by atoms with Crippen LogP contribution in [0.25, 0.3) is 0 Å². The Morgan fingerprint density at radius 3 is 2.57 bits per heavy atom. The first kappa shape index (κ1) is 11.3. The van der Waals surface area contributed by atoms with Gasteiger partial charge in [-0.2, -0.15) is 5.26 Å². The molecular weight excluding hydrogens is 174 g/mol. The molecule has 0 heterocycles. The Morgan fingerprint density at radius 1 is 1.57 bits per heavy atom. The first-order valence-corrected chi connectivity index (χ1v) is 5.25. The lowest BCUT2D eigenvalue weighted by Gasteiger charge is -2.44. The quantitative estimate of drug-likeness (QED) is 0.695. The molecule has 1 aliphatic rings. The SMILES string of the molecule is CC[C@@H]1C(O)C(C#N)=C[C@H](C)C1(C)C. The van der Waals surface area contributed by atoms with Crippen molar-refractivity contribution in [2.75, 3.05) is 0 Å². The van der Waals surface area contributed by atoms with E-state index in [0.29, 0.717) is 11.5 Å². The monoisotopic (exact) mass is 193 g/mol. The van der Waals surface area contributed by atoms with Crippen molar-refractivity contribution < 1.29 is 5.11 Å². The summed E-state index contributed by atoms with van der Waals surface area (Å²) in [7, 11) is 0. The zero-order valence-corrected chi connectivity index (χ0v) is 9.41. The van der Waals surface area contributed by atoms with E-state index in [0.717, 1.165) is 6.42 Å². The molecule has 3 atom stereocenters. The van der Waals surface area contributed by atoms with Crippen LogP contribution in [-0.4, -0.2) is 11.2 Å². The lowest BCUT2D eigenvalue weighted by atomic mass is 9.62. The minimum absolute atomic E-state index is 0.0779. The van der Waals surface area contributed by atoms with Crippen LogP contribution in [0.4, 0.5) is 0 Å². The molecule has 14 heavy (non-hydrogen) atoms. The molecule has 1 rings (SSSR count). The highest BCUT2D eigenvalue weighted by molar-refractivity contribution is 5.30. The van der Waals surface area contributed by atoms with E-state index in [-0.39, 0.29) is 11.3 Å². The number of rotatable bonds is 1. The van der Waals surface area contributed by atoms with E-state index in [4.69, 9.17) is 5.26 Å². The van der Waals surface area contributed by atoms with E-state index in [1.165, 1.54) is 0 Å². The summed E-state index contributed by atoms with van der Waals surface area (Å²) in [5.74, 6) is 0.544. The summed E-state index contributed by atoms with van der Waals surface area (Å²) < 4.78 is 0. The van der Waals surface area contributed by atoms with Crippen LogP contribution in [0.5, 0.6) is 0 Å². The van der Waals surface area contributed by atoms with E-state index in [1.54, 1.807) is 0 Å². The third-order valence-corrected chi connectivity index (χ3v) is 3.83. The Kier molecular flexibility index (Phi) is 3.01. The topological polar surface area (TPSA) is 44.0 Å². The lowest BCUT2D eigenvalue weighted by Crippen LogP contribution is -2.42. The van der Waals surface area contributed by atoms with Crippen LogP contribution in [0.15, 0.2) is 11.6 Å². The lowest BCUT2D eigenvalue weighted by molar-refractivity contribution is 0.0230. The van der Waals surface area contributed by atoms with Gasteiger partial charge in [-0.15, -0.1) is 0 Å². The zero-order chi connectivity index (χ0) is 10.9. The van der Waals surface area contributed by atoms with Crippen molar-refractivity contribution in [2.45, 2.75) is 40.2 Å². The molecule has 0 radical (unpaired) electrons. The number of hydrogen-bond donors (Lipinski definition) is 1. The fourth-order valence-electron chi connectivity index (χ4n) is 2.40. The van der Waals surface area contributed by atoms with Crippen molar-refractivity contribution in [3.63, 3.8) is 0 Å². The second-order valence-corrected chi connectivity index (χ2v) is 4.80. The maximum atomic E-state index is 9.99. The second-order valence-electron chi connectivity index (χ2n) is 4.80. The van der Waals surface area contributed by atoms with Gasteiger partial charge in [-0.1, -0.05) is 33.8 Å². The van der Waals surface area contributed by atoms with Gasteiger partial charge in [-0.3, -0.25) is 0 Å².